The van der Waals surface area contributed by atoms with Gasteiger partial charge in [0.05, 0.1) is 5.56 Å². The fourth-order valence-electron chi connectivity index (χ4n) is 3.94. The molecule has 3 rings (SSSR count). The predicted molar refractivity (Wildman–Crippen MR) is 147 cm³/mol. The Morgan fingerprint density at radius 1 is 1.12 bits per heavy atom. The van der Waals surface area contributed by atoms with E-state index in [0.717, 1.165) is 12.0 Å². The summed E-state index contributed by atoms with van der Waals surface area (Å²) in [6.07, 6.45) is 1.42. The van der Waals surface area contributed by atoms with Crippen LogP contribution in [0, 0.1) is 11.7 Å². The van der Waals surface area contributed by atoms with Crippen LogP contribution in [0.1, 0.15) is 34.8 Å². The fraction of sp³-hybridized carbons (Fsp3) is 0.417. The van der Waals surface area contributed by atoms with Gasteiger partial charge < -0.3 is 15.5 Å². The first-order valence-corrected chi connectivity index (χ1v) is 10.3. The van der Waals surface area contributed by atoms with Gasteiger partial charge in [-0.3, -0.25) is 9.59 Å². The second-order valence-electron chi connectivity index (χ2n) is 8.50. The number of hydrogen-bond acceptors (Lipinski definition) is 3. The van der Waals surface area contributed by atoms with Crippen LogP contribution in [0.15, 0.2) is 48.5 Å². The highest BCUT2D eigenvalue weighted by molar-refractivity contribution is 7.59. The topological polar surface area (TPSA) is 61.4 Å². The van der Waals surface area contributed by atoms with Crippen molar-refractivity contribution in [2.75, 3.05) is 27.7 Å². The fourth-order valence-corrected chi connectivity index (χ4v) is 3.94. The Morgan fingerprint density at radius 3 is 2.30 bits per heavy atom. The van der Waals surface area contributed by atoms with Gasteiger partial charge in [-0.05, 0) is 50.2 Å². The molecule has 0 saturated heterocycles. The highest BCUT2D eigenvalue weighted by Gasteiger charge is 2.55. The number of nitrogens with one attached hydrogen (secondary N) is 2. The number of carbonyl (C=O) groups is 2. The van der Waals surface area contributed by atoms with Crippen LogP contribution in [0.5, 0.6) is 0 Å². The standard InChI is InChI=1S/C24H30FN3O2.3H2S/c1-24(17-8-6-5-7-9-17)14-20(24)23(30)27-15-18(28(3)4)12-16-10-11-19(21(25)13-16)22(29)26-2;;;/h5-11,13,18,20H,12,14-15H2,1-4H3,(H,26,29)(H,27,30);3*1H2/t18-,20+,24+;;;/m0.../s1. The van der Waals surface area contributed by atoms with E-state index in [-0.39, 0.29) is 69.3 Å². The average Bonchev–Trinajstić information content (AvgIpc) is 3.44. The van der Waals surface area contributed by atoms with E-state index in [2.05, 4.69) is 29.7 Å². The summed E-state index contributed by atoms with van der Waals surface area (Å²) in [5.41, 5.74) is 1.91. The van der Waals surface area contributed by atoms with E-state index in [0.29, 0.717) is 13.0 Å². The summed E-state index contributed by atoms with van der Waals surface area (Å²) in [7, 11) is 5.36. The van der Waals surface area contributed by atoms with Gasteiger partial charge in [0.2, 0.25) is 5.91 Å². The van der Waals surface area contributed by atoms with Gasteiger partial charge in [-0.2, -0.15) is 40.5 Å². The molecule has 1 saturated carbocycles. The van der Waals surface area contributed by atoms with Crippen molar-refractivity contribution in [1.82, 2.24) is 15.5 Å². The zero-order chi connectivity index (χ0) is 21.9. The maximum Gasteiger partial charge on any atom is 0.253 e. The van der Waals surface area contributed by atoms with Gasteiger partial charge in [0.1, 0.15) is 5.82 Å². The Balaban J connectivity index is 0.00000341. The lowest BCUT2D eigenvalue weighted by Crippen LogP contribution is -2.42. The van der Waals surface area contributed by atoms with Gasteiger partial charge >= 0.3 is 0 Å². The first-order valence-electron chi connectivity index (χ1n) is 10.3. The number of likely N-dealkylation sites (N-methyl/N-ethyl adjacent to an activating group) is 1. The third-order valence-corrected chi connectivity index (χ3v) is 6.21. The van der Waals surface area contributed by atoms with E-state index in [4.69, 9.17) is 0 Å². The van der Waals surface area contributed by atoms with Crippen LogP contribution in [0.25, 0.3) is 0 Å². The van der Waals surface area contributed by atoms with Crippen molar-refractivity contribution in [3.8, 4) is 0 Å². The van der Waals surface area contributed by atoms with Crippen LogP contribution in [0.2, 0.25) is 0 Å². The van der Waals surface area contributed by atoms with Crippen molar-refractivity contribution in [2.45, 2.75) is 31.2 Å². The summed E-state index contributed by atoms with van der Waals surface area (Å²) in [6.45, 7) is 2.61. The molecule has 5 nitrogen and oxygen atoms in total. The SMILES string of the molecule is CNC(=O)c1ccc(C[C@@H](CNC(=O)[C@H]2C[C@]2(C)c2ccccc2)N(C)C)cc1F.S.S.S. The van der Waals surface area contributed by atoms with Gasteiger partial charge in [-0.1, -0.05) is 43.3 Å². The van der Waals surface area contributed by atoms with Crippen molar-refractivity contribution in [3.05, 3.63) is 71.0 Å². The highest BCUT2D eigenvalue weighted by atomic mass is 32.1. The number of nitrogens with zero attached hydrogens (tertiary/aromatic N) is 1. The lowest BCUT2D eigenvalue weighted by Gasteiger charge is -2.25. The molecule has 2 amide bonds. The highest BCUT2D eigenvalue weighted by Crippen LogP contribution is 2.53. The molecule has 0 heterocycles. The minimum Gasteiger partial charge on any atom is -0.355 e. The van der Waals surface area contributed by atoms with Gasteiger partial charge in [0, 0.05) is 31.0 Å². The minimum absolute atomic E-state index is 0. The molecular formula is C24H36FN3O2S3. The molecule has 1 aliphatic carbocycles. The number of amides is 2. The van der Waals surface area contributed by atoms with Crippen molar-refractivity contribution < 1.29 is 14.0 Å². The van der Waals surface area contributed by atoms with Crippen molar-refractivity contribution in [3.63, 3.8) is 0 Å². The molecule has 33 heavy (non-hydrogen) atoms. The van der Waals surface area contributed by atoms with Crippen LogP contribution < -0.4 is 10.6 Å². The van der Waals surface area contributed by atoms with E-state index < -0.39 is 11.7 Å². The Morgan fingerprint density at radius 2 is 1.76 bits per heavy atom. The normalized spacial score (nSPS) is 19.3. The lowest BCUT2D eigenvalue weighted by atomic mass is 9.95. The molecule has 184 valence electrons. The lowest BCUT2D eigenvalue weighted by molar-refractivity contribution is -0.122. The summed E-state index contributed by atoms with van der Waals surface area (Å²) >= 11 is 0. The first-order chi connectivity index (χ1) is 14.3. The molecule has 0 aromatic heterocycles. The molecule has 0 spiro atoms. The molecule has 2 aromatic carbocycles. The monoisotopic (exact) mass is 513 g/mol. The second-order valence-corrected chi connectivity index (χ2v) is 8.50. The van der Waals surface area contributed by atoms with Gasteiger partial charge in [0.15, 0.2) is 0 Å². The molecule has 2 N–H and O–H groups in total. The second kappa shape index (κ2) is 13.3. The number of benzene rings is 2. The van der Waals surface area contributed by atoms with Crippen LogP contribution in [0.4, 0.5) is 4.39 Å². The molecular weight excluding hydrogens is 477 g/mol. The molecule has 2 aromatic rings. The van der Waals surface area contributed by atoms with E-state index in [1.807, 2.05) is 37.2 Å². The molecule has 3 atom stereocenters. The third-order valence-electron chi connectivity index (χ3n) is 6.21. The molecule has 1 fully saturated rings. The average molecular weight is 514 g/mol. The van der Waals surface area contributed by atoms with E-state index in [1.165, 1.54) is 24.7 Å². The van der Waals surface area contributed by atoms with Crippen LogP contribution in [-0.2, 0) is 16.6 Å². The molecule has 0 aliphatic heterocycles. The van der Waals surface area contributed by atoms with Crippen molar-refractivity contribution in [2.24, 2.45) is 5.92 Å². The van der Waals surface area contributed by atoms with Crippen LogP contribution in [0.3, 0.4) is 0 Å². The molecule has 0 unspecified atom stereocenters. The van der Waals surface area contributed by atoms with Crippen molar-refractivity contribution >= 4 is 52.3 Å². The maximum atomic E-state index is 14.3. The summed E-state index contributed by atoms with van der Waals surface area (Å²) < 4.78 is 14.3. The Hall–Kier alpha value is -1.68. The third kappa shape index (κ3) is 7.40. The first kappa shape index (κ1) is 31.3. The zero-order valence-corrected chi connectivity index (χ0v) is 22.5. The number of carbonyl (C=O) groups excluding carboxylic acids is 2. The van der Waals surface area contributed by atoms with Crippen LogP contribution >= 0.6 is 40.5 Å². The molecule has 9 heteroatoms. The summed E-state index contributed by atoms with van der Waals surface area (Å²) in [5, 5.41) is 5.52. The number of hydrogen-bond donors (Lipinski definition) is 2. The Kier molecular flexibility index (Phi) is 12.6. The van der Waals surface area contributed by atoms with Gasteiger partial charge in [-0.25, -0.2) is 4.39 Å². The zero-order valence-electron chi connectivity index (χ0n) is 19.5. The summed E-state index contributed by atoms with van der Waals surface area (Å²) in [5.74, 6) is -0.937. The van der Waals surface area contributed by atoms with Gasteiger partial charge in [-0.15, -0.1) is 0 Å². The van der Waals surface area contributed by atoms with E-state index in [9.17, 15) is 14.0 Å². The maximum absolute atomic E-state index is 14.3. The van der Waals surface area contributed by atoms with E-state index in [1.54, 1.807) is 6.07 Å². The number of rotatable bonds is 8. The number of halogens is 1. The predicted octanol–water partition coefficient (Wildman–Crippen LogP) is 3.09. The molecule has 0 radical (unpaired) electrons. The Bertz CT molecular complexity index is 930. The smallest absolute Gasteiger partial charge is 0.253 e. The van der Waals surface area contributed by atoms with Gasteiger partial charge in [0.25, 0.3) is 5.91 Å². The molecule has 0 bridgehead atoms. The van der Waals surface area contributed by atoms with Crippen LogP contribution in [-0.4, -0.2) is 50.4 Å². The molecule has 1 aliphatic rings. The quantitative estimate of drug-likeness (QED) is 0.570. The van der Waals surface area contributed by atoms with Crippen molar-refractivity contribution in [1.29, 1.82) is 0 Å². The minimum atomic E-state index is -0.537. The largest absolute Gasteiger partial charge is 0.355 e. The summed E-state index contributed by atoms with van der Waals surface area (Å²) in [6, 6.07) is 14.8. The Labute approximate surface area is 217 Å². The van der Waals surface area contributed by atoms with E-state index >= 15 is 0 Å². The summed E-state index contributed by atoms with van der Waals surface area (Å²) in [4.78, 5) is 26.4.